The monoisotopic (exact) mass is 389 g/mol. The third-order valence-electron chi connectivity index (χ3n) is 5.28. The summed E-state index contributed by atoms with van der Waals surface area (Å²) in [5, 5.41) is 10.1. The fourth-order valence-corrected chi connectivity index (χ4v) is 4.12. The van der Waals surface area contributed by atoms with E-state index in [1.807, 2.05) is 52.9 Å². The minimum atomic E-state index is 0.119. The highest BCUT2D eigenvalue weighted by Gasteiger charge is 2.27. The van der Waals surface area contributed by atoms with E-state index in [0.29, 0.717) is 0 Å². The predicted molar refractivity (Wildman–Crippen MR) is 112 cm³/mol. The summed E-state index contributed by atoms with van der Waals surface area (Å²) in [5.74, 6) is 2.30. The Kier molecular flexibility index (Phi) is 4.32. The first kappa shape index (κ1) is 17.9. The number of morpholine rings is 1. The number of para-hydroxylation sites is 2. The molecule has 0 bridgehead atoms. The van der Waals surface area contributed by atoms with Crippen LogP contribution in [0.5, 0.6) is 5.75 Å². The van der Waals surface area contributed by atoms with Crippen molar-refractivity contribution in [2.24, 2.45) is 0 Å². The van der Waals surface area contributed by atoms with Crippen molar-refractivity contribution in [3.05, 3.63) is 48.5 Å². The molecule has 1 aliphatic rings. The lowest BCUT2D eigenvalue weighted by atomic mass is 10.2. The molecule has 3 heterocycles. The highest BCUT2D eigenvalue weighted by molar-refractivity contribution is 5.93. The summed E-state index contributed by atoms with van der Waals surface area (Å²) in [4.78, 5) is 7.29. The Balaban J connectivity index is 1.81. The van der Waals surface area contributed by atoms with Gasteiger partial charge in [-0.05, 0) is 38.1 Å². The van der Waals surface area contributed by atoms with Gasteiger partial charge in [-0.3, -0.25) is 0 Å². The van der Waals surface area contributed by atoms with Gasteiger partial charge in [-0.1, -0.05) is 24.3 Å². The number of nitrogens with zero attached hydrogens (tertiary/aromatic N) is 5. The first-order valence-electron chi connectivity index (χ1n) is 9.83. The minimum absolute atomic E-state index is 0.119. The van der Waals surface area contributed by atoms with Crippen LogP contribution in [0.1, 0.15) is 13.8 Å². The number of benzene rings is 2. The van der Waals surface area contributed by atoms with E-state index in [9.17, 15) is 0 Å². The summed E-state index contributed by atoms with van der Waals surface area (Å²) in [5.41, 5.74) is 2.58. The first-order valence-corrected chi connectivity index (χ1v) is 9.83. The van der Waals surface area contributed by atoms with Gasteiger partial charge in [0.1, 0.15) is 5.75 Å². The molecule has 7 nitrogen and oxygen atoms in total. The highest BCUT2D eigenvalue weighted by Crippen LogP contribution is 2.33. The highest BCUT2D eigenvalue weighted by atomic mass is 16.5. The smallest absolute Gasteiger partial charge is 0.213 e. The molecule has 0 amide bonds. The van der Waals surface area contributed by atoms with Crippen molar-refractivity contribution in [3.63, 3.8) is 0 Å². The molecule has 5 rings (SSSR count). The molecule has 1 fully saturated rings. The molecule has 7 heteroatoms. The molecule has 0 spiro atoms. The number of rotatable bonds is 3. The van der Waals surface area contributed by atoms with E-state index >= 15 is 0 Å². The topological polar surface area (TPSA) is 64.8 Å². The van der Waals surface area contributed by atoms with Crippen molar-refractivity contribution in [2.75, 3.05) is 25.1 Å². The number of anilines is 1. The molecule has 148 valence electrons. The molecule has 29 heavy (non-hydrogen) atoms. The Labute approximate surface area is 168 Å². The zero-order valence-corrected chi connectivity index (χ0v) is 16.7. The average Bonchev–Trinajstić information content (AvgIpc) is 3.17. The van der Waals surface area contributed by atoms with Crippen LogP contribution in [0.2, 0.25) is 0 Å². The zero-order chi connectivity index (χ0) is 20.0. The second kappa shape index (κ2) is 7.00. The van der Waals surface area contributed by atoms with Gasteiger partial charge in [0.05, 0.1) is 30.4 Å². The van der Waals surface area contributed by atoms with Gasteiger partial charge < -0.3 is 14.4 Å². The van der Waals surface area contributed by atoms with Crippen molar-refractivity contribution in [1.82, 2.24) is 19.6 Å². The summed E-state index contributed by atoms with van der Waals surface area (Å²) in [6, 6.07) is 15.9. The number of aromatic nitrogens is 4. The molecule has 0 radical (unpaired) electrons. The average molecular weight is 389 g/mol. The van der Waals surface area contributed by atoms with Crippen LogP contribution in [0.3, 0.4) is 0 Å². The van der Waals surface area contributed by atoms with Crippen LogP contribution in [-0.4, -0.2) is 52.0 Å². The molecule has 2 aromatic carbocycles. The van der Waals surface area contributed by atoms with Crippen molar-refractivity contribution < 1.29 is 9.47 Å². The molecular formula is C22H23N5O2. The number of hydrogen-bond donors (Lipinski definition) is 0. The van der Waals surface area contributed by atoms with Crippen molar-refractivity contribution in [3.8, 4) is 17.1 Å². The van der Waals surface area contributed by atoms with Gasteiger partial charge >= 0.3 is 0 Å². The summed E-state index contributed by atoms with van der Waals surface area (Å²) in [7, 11) is 1.67. The lowest BCUT2D eigenvalue weighted by molar-refractivity contribution is -0.00576. The van der Waals surface area contributed by atoms with E-state index in [2.05, 4.69) is 28.9 Å². The SMILES string of the molecule is COc1ccccc1-c1nnc2c3ccccc3nc(N3CC(C)OC(C)C3)n12. The summed E-state index contributed by atoms with van der Waals surface area (Å²) in [6.45, 7) is 5.70. The summed E-state index contributed by atoms with van der Waals surface area (Å²) < 4.78 is 13.6. The fraction of sp³-hybridized carbons (Fsp3) is 0.318. The van der Waals surface area contributed by atoms with Crippen molar-refractivity contribution in [2.45, 2.75) is 26.1 Å². The van der Waals surface area contributed by atoms with Crippen LogP contribution in [0.15, 0.2) is 48.5 Å². The summed E-state index contributed by atoms with van der Waals surface area (Å²) in [6.07, 6.45) is 0.238. The van der Waals surface area contributed by atoms with Gasteiger partial charge in [0.2, 0.25) is 5.95 Å². The third kappa shape index (κ3) is 2.98. The Morgan fingerprint density at radius 1 is 0.966 bits per heavy atom. The van der Waals surface area contributed by atoms with Gasteiger partial charge in [-0.15, -0.1) is 10.2 Å². The maximum Gasteiger partial charge on any atom is 0.213 e. The first-order chi connectivity index (χ1) is 14.2. The Hall–Kier alpha value is -3.19. The van der Waals surface area contributed by atoms with Crippen LogP contribution in [-0.2, 0) is 4.74 Å². The van der Waals surface area contributed by atoms with Gasteiger partial charge in [-0.25, -0.2) is 9.38 Å². The number of hydrogen-bond acceptors (Lipinski definition) is 6. The van der Waals surface area contributed by atoms with Gasteiger partial charge in [0.15, 0.2) is 11.5 Å². The Bertz CT molecular complexity index is 1180. The third-order valence-corrected chi connectivity index (χ3v) is 5.28. The summed E-state index contributed by atoms with van der Waals surface area (Å²) >= 11 is 0. The Morgan fingerprint density at radius 2 is 1.69 bits per heavy atom. The second-order valence-corrected chi connectivity index (χ2v) is 7.47. The molecule has 0 saturated carbocycles. The van der Waals surface area contributed by atoms with E-state index < -0.39 is 0 Å². The molecule has 0 aliphatic carbocycles. The molecular weight excluding hydrogens is 366 g/mol. The van der Waals surface area contributed by atoms with Gasteiger partial charge in [-0.2, -0.15) is 0 Å². The van der Waals surface area contributed by atoms with Crippen LogP contribution in [0, 0.1) is 0 Å². The molecule has 2 atom stereocenters. The maximum atomic E-state index is 5.94. The van der Waals surface area contributed by atoms with E-state index in [-0.39, 0.29) is 12.2 Å². The van der Waals surface area contributed by atoms with E-state index in [4.69, 9.17) is 14.5 Å². The number of fused-ring (bicyclic) bond motifs is 3. The predicted octanol–water partition coefficient (Wildman–Crippen LogP) is 3.57. The lowest BCUT2D eigenvalue weighted by Crippen LogP contribution is -2.46. The minimum Gasteiger partial charge on any atom is -0.496 e. The standard InChI is InChI=1S/C22H23N5O2/c1-14-12-26(13-15(2)29-14)22-23-18-10-6-4-8-16(18)20-24-25-21(27(20)22)17-9-5-7-11-19(17)28-3/h4-11,14-15H,12-13H2,1-3H3. The van der Waals surface area contributed by atoms with Crippen LogP contribution >= 0.6 is 0 Å². The van der Waals surface area contributed by atoms with Crippen LogP contribution < -0.4 is 9.64 Å². The van der Waals surface area contributed by atoms with Gasteiger partial charge in [0, 0.05) is 18.5 Å². The Morgan fingerprint density at radius 3 is 2.48 bits per heavy atom. The number of methoxy groups -OCH3 is 1. The number of ether oxygens (including phenoxy) is 2. The van der Waals surface area contributed by atoms with Crippen molar-refractivity contribution in [1.29, 1.82) is 0 Å². The quantitative estimate of drug-likeness (QED) is 0.534. The second-order valence-electron chi connectivity index (χ2n) is 7.47. The van der Waals surface area contributed by atoms with E-state index in [1.165, 1.54) is 0 Å². The molecule has 0 N–H and O–H groups in total. The molecule has 2 aromatic heterocycles. The molecule has 2 unspecified atom stereocenters. The van der Waals surface area contributed by atoms with Crippen molar-refractivity contribution >= 4 is 22.5 Å². The maximum absolute atomic E-state index is 5.94. The lowest BCUT2D eigenvalue weighted by Gasteiger charge is -2.36. The fourth-order valence-electron chi connectivity index (χ4n) is 4.12. The van der Waals surface area contributed by atoms with Crippen LogP contribution in [0.25, 0.3) is 27.9 Å². The molecule has 1 saturated heterocycles. The molecule has 4 aromatic rings. The zero-order valence-electron chi connectivity index (χ0n) is 16.7. The molecule has 1 aliphatic heterocycles. The van der Waals surface area contributed by atoms with Gasteiger partial charge in [0.25, 0.3) is 0 Å². The largest absolute Gasteiger partial charge is 0.496 e. The van der Waals surface area contributed by atoms with E-state index in [1.54, 1.807) is 7.11 Å². The normalized spacial score (nSPS) is 19.8. The van der Waals surface area contributed by atoms with E-state index in [0.717, 1.165) is 52.7 Å². The van der Waals surface area contributed by atoms with Crippen LogP contribution in [0.4, 0.5) is 5.95 Å².